The van der Waals surface area contributed by atoms with Crippen molar-refractivity contribution in [2.75, 3.05) is 0 Å². The zero-order valence-electron chi connectivity index (χ0n) is 36.1. The number of hydrogen-bond acceptors (Lipinski definition) is 0. The SMILES string of the molecule is CC1(C)CCC(C)(C)c2cc3c(cc21)c1cc2c4c5ccccc5ccc4n(-c4ccccc4)c2cc1n3-c1ccc2c(c1)C1(c3ccccc3-c3ccccc31)c1ccccc1-2. The largest absolute Gasteiger partial charge is 0.309 e. The molecule has 0 atom stereocenters. The lowest BCUT2D eigenvalue weighted by molar-refractivity contribution is 0.332. The number of benzene rings is 9. The Morgan fingerprint density at radius 1 is 0.333 bits per heavy atom. The minimum atomic E-state index is -0.423. The van der Waals surface area contributed by atoms with E-state index < -0.39 is 5.41 Å². The van der Waals surface area contributed by atoms with Crippen molar-refractivity contribution in [3.8, 4) is 33.6 Å². The summed E-state index contributed by atoms with van der Waals surface area (Å²) in [5, 5.41) is 7.78. The average molecular weight is 807 g/mol. The van der Waals surface area contributed by atoms with E-state index in [1.54, 1.807) is 0 Å². The van der Waals surface area contributed by atoms with Crippen LogP contribution in [0.4, 0.5) is 0 Å². The molecule has 0 fully saturated rings. The molecule has 0 aliphatic heterocycles. The second kappa shape index (κ2) is 12.1. The van der Waals surface area contributed by atoms with Crippen molar-refractivity contribution in [3.05, 3.63) is 215 Å². The molecule has 0 saturated heterocycles. The second-order valence-electron chi connectivity index (χ2n) is 19.9. The molecule has 2 aromatic heterocycles. The van der Waals surface area contributed by atoms with E-state index in [-0.39, 0.29) is 10.8 Å². The van der Waals surface area contributed by atoms with Crippen LogP contribution in [0.3, 0.4) is 0 Å². The smallest absolute Gasteiger partial charge is 0.0726 e. The summed E-state index contributed by atoms with van der Waals surface area (Å²) in [5.74, 6) is 0. The topological polar surface area (TPSA) is 9.86 Å². The van der Waals surface area contributed by atoms with E-state index in [4.69, 9.17) is 0 Å². The van der Waals surface area contributed by atoms with Gasteiger partial charge >= 0.3 is 0 Å². The molecule has 0 N–H and O–H groups in total. The van der Waals surface area contributed by atoms with Gasteiger partial charge in [-0.3, -0.25) is 0 Å². The molecule has 2 nitrogen and oxygen atoms in total. The van der Waals surface area contributed by atoms with Crippen LogP contribution in [0.15, 0.2) is 182 Å². The lowest BCUT2D eigenvalue weighted by Gasteiger charge is -2.42. The highest BCUT2D eigenvalue weighted by atomic mass is 15.0. The van der Waals surface area contributed by atoms with Crippen LogP contribution in [0, 0.1) is 0 Å². The Morgan fingerprint density at radius 3 is 1.54 bits per heavy atom. The van der Waals surface area contributed by atoms with Crippen LogP contribution in [0.2, 0.25) is 0 Å². The Balaban J connectivity index is 1.15. The van der Waals surface area contributed by atoms with Gasteiger partial charge in [0.2, 0.25) is 0 Å². The summed E-state index contributed by atoms with van der Waals surface area (Å²) in [5.41, 5.74) is 20.8. The molecule has 0 bridgehead atoms. The van der Waals surface area contributed by atoms with Gasteiger partial charge in [0.1, 0.15) is 0 Å². The van der Waals surface area contributed by atoms with E-state index >= 15 is 0 Å². The summed E-state index contributed by atoms with van der Waals surface area (Å²) in [4.78, 5) is 0. The maximum absolute atomic E-state index is 2.62. The fourth-order valence-corrected chi connectivity index (χ4v) is 12.7. The Morgan fingerprint density at radius 2 is 0.857 bits per heavy atom. The first kappa shape index (κ1) is 35.4. The van der Waals surface area contributed by atoms with Gasteiger partial charge in [-0.1, -0.05) is 155 Å². The minimum Gasteiger partial charge on any atom is -0.309 e. The highest BCUT2D eigenvalue weighted by Gasteiger charge is 2.51. The quantitative estimate of drug-likeness (QED) is 0.165. The number of fused-ring (bicyclic) bond motifs is 19. The Bertz CT molecular complexity index is 3730. The molecule has 63 heavy (non-hydrogen) atoms. The van der Waals surface area contributed by atoms with Crippen LogP contribution in [-0.4, -0.2) is 9.13 Å². The molecule has 3 aliphatic carbocycles. The second-order valence-corrected chi connectivity index (χ2v) is 19.9. The fourth-order valence-electron chi connectivity index (χ4n) is 12.7. The van der Waals surface area contributed by atoms with Gasteiger partial charge in [-0.25, -0.2) is 0 Å². The third kappa shape index (κ3) is 4.43. The first-order valence-electron chi connectivity index (χ1n) is 22.7. The van der Waals surface area contributed by atoms with E-state index in [9.17, 15) is 0 Å². The summed E-state index contributed by atoms with van der Waals surface area (Å²) in [6, 6.07) is 69.5. The molecule has 2 heterocycles. The average Bonchev–Trinajstić information content (AvgIpc) is 4.01. The van der Waals surface area contributed by atoms with Crippen molar-refractivity contribution >= 4 is 54.4 Å². The van der Waals surface area contributed by atoms with Gasteiger partial charge in [0.25, 0.3) is 0 Å². The molecular weight excluding hydrogens is 761 g/mol. The maximum Gasteiger partial charge on any atom is 0.0726 e. The number of para-hydroxylation sites is 1. The van der Waals surface area contributed by atoms with Gasteiger partial charge in [0.05, 0.1) is 27.5 Å². The van der Waals surface area contributed by atoms with E-state index in [2.05, 4.69) is 219 Å². The molecule has 9 aromatic carbocycles. The van der Waals surface area contributed by atoms with E-state index in [0.717, 1.165) is 0 Å². The summed E-state index contributed by atoms with van der Waals surface area (Å²) in [7, 11) is 0. The van der Waals surface area contributed by atoms with E-state index in [1.807, 2.05) is 0 Å². The van der Waals surface area contributed by atoms with Gasteiger partial charge in [-0.2, -0.15) is 0 Å². The Labute approximate surface area is 367 Å². The van der Waals surface area contributed by atoms with Crippen LogP contribution in [-0.2, 0) is 16.2 Å². The lowest BCUT2D eigenvalue weighted by Crippen LogP contribution is -2.33. The number of hydrogen-bond donors (Lipinski definition) is 0. The summed E-state index contributed by atoms with van der Waals surface area (Å²) in [6.07, 6.45) is 2.34. The predicted octanol–water partition coefficient (Wildman–Crippen LogP) is 15.7. The van der Waals surface area contributed by atoms with Gasteiger partial charge in [0, 0.05) is 32.9 Å². The van der Waals surface area contributed by atoms with Crippen LogP contribution < -0.4 is 0 Å². The molecule has 0 unspecified atom stereocenters. The zero-order valence-corrected chi connectivity index (χ0v) is 36.1. The minimum absolute atomic E-state index is 0.0605. The third-order valence-corrected chi connectivity index (χ3v) is 15.8. The van der Waals surface area contributed by atoms with Crippen molar-refractivity contribution < 1.29 is 0 Å². The van der Waals surface area contributed by atoms with Gasteiger partial charge in [-0.15, -0.1) is 0 Å². The predicted molar refractivity (Wildman–Crippen MR) is 264 cm³/mol. The van der Waals surface area contributed by atoms with Crippen molar-refractivity contribution in [2.24, 2.45) is 0 Å². The number of nitrogens with zero attached hydrogens (tertiary/aromatic N) is 2. The van der Waals surface area contributed by atoms with Crippen molar-refractivity contribution in [3.63, 3.8) is 0 Å². The van der Waals surface area contributed by atoms with Crippen molar-refractivity contribution in [1.82, 2.24) is 9.13 Å². The number of rotatable bonds is 2. The third-order valence-electron chi connectivity index (χ3n) is 15.8. The Hall–Kier alpha value is -7.16. The van der Waals surface area contributed by atoms with Crippen LogP contribution in [0.5, 0.6) is 0 Å². The Kier molecular flexibility index (Phi) is 6.78. The highest BCUT2D eigenvalue weighted by Crippen LogP contribution is 2.63. The van der Waals surface area contributed by atoms with Crippen LogP contribution in [0.25, 0.3) is 88.0 Å². The first-order chi connectivity index (χ1) is 30.7. The van der Waals surface area contributed by atoms with Crippen LogP contribution in [0.1, 0.15) is 73.9 Å². The van der Waals surface area contributed by atoms with Crippen molar-refractivity contribution in [2.45, 2.75) is 56.8 Å². The van der Waals surface area contributed by atoms with E-state index in [1.165, 1.54) is 134 Å². The molecular formula is C61H46N2. The standard InChI is InChI=1S/C61H46N2/c1-59(2)30-31-60(3,4)53-35-55-46(34-52(53)59)45-33-47-57(62(38-17-6-5-7-18-38)54-29-26-37-16-8-9-19-40(37)58(47)54)36-56(45)63(55)39-27-28-44-43-22-12-15-25-50(43)61(51(44)32-39)48-23-13-10-20-41(48)42-21-11-14-24-49(42)61/h5-29,32-36H,30-31H2,1-4H3. The molecule has 3 aliphatic rings. The molecule has 0 saturated carbocycles. The van der Waals surface area contributed by atoms with Crippen LogP contribution >= 0.6 is 0 Å². The normalized spacial score (nSPS) is 16.2. The molecule has 0 radical (unpaired) electrons. The molecule has 11 aromatic rings. The van der Waals surface area contributed by atoms with Crippen molar-refractivity contribution in [1.29, 1.82) is 0 Å². The summed E-state index contributed by atoms with van der Waals surface area (Å²) < 4.78 is 5.12. The zero-order chi connectivity index (χ0) is 42.0. The molecule has 14 rings (SSSR count). The lowest BCUT2D eigenvalue weighted by atomic mass is 9.63. The molecule has 1 spiro atoms. The van der Waals surface area contributed by atoms with E-state index in [0.29, 0.717) is 0 Å². The van der Waals surface area contributed by atoms with Gasteiger partial charge in [0.15, 0.2) is 0 Å². The first-order valence-corrected chi connectivity index (χ1v) is 22.7. The van der Waals surface area contributed by atoms with Gasteiger partial charge < -0.3 is 9.13 Å². The van der Waals surface area contributed by atoms with Gasteiger partial charge in [-0.05, 0) is 145 Å². The molecule has 2 heteroatoms. The number of aromatic nitrogens is 2. The highest BCUT2D eigenvalue weighted by molar-refractivity contribution is 6.25. The molecule has 300 valence electrons. The molecule has 0 amide bonds. The summed E-state index contributed by atoms with van der Waals surface area (Å²) in [6.45, 7) is 9.83. The maximum atomic E-state index is 2.62. The summed E-state index contributed by atoms with van der Waals surface area (Å²) >= 11 is 0. The fraction of sp³-hybridized carbons (Fsp3) is 0.148. The monoisotopic (exact) mass is 806 g/mol.